The standard InChI is InChI=1S/C25H31FN2O4S/c1-2-21-10-11-24(18-6-4-3-5-7-18)33(31,32)28(21)17-20-8-9-22(16-23(20)26)27-14-12-19(13-15-27)25(29)30/h3-9,16,19,21,24H,2,10-15,17H2,1H3,(H,29,30)/t21-,24?/m0/s1. The van der Waals surface area contributed by atoms with Crippen LogP contribution in [0.4, 0.5) is 10.1 Å². The van der Waals surface area contributed by atoms with Crippen LogP contribution in [0.1, 0.15) is 55.4 Å². The van der Waals surface area contributed by atoms with Crippen LogP contribution in [-0.2, 0) is 21.4 Å². The summed E-state index contributed by atoms with van der Waals surface area (Å²) in [6.07, 6.45) is 3.05. The maximum atomic E-state index is 15.1. The van der Waals surface area contributed by atoms with Gasteiger partial charge >= 0.3 is 5.97 Å². The highest BCUT2D eigenvalue weighted by Crippen LogP contribution is 2.39. The highest BCUT2D eigenvalue weighted by Gasteiger charge is 2.41. The van der Waals surface area contributed by atoms with Crippen molar-refractivity contribution in [3.63, 3.8) is 0 Å². The summed E-state index contributed by atoms with van der Waals surface area (Å²) in [6.45, 7) is 3.10. The Labute approximate surface area is 195 Å². The van der Waals surface area contributed by atoms with Gasteiger partial charge in [-0.15, -0.1) is 0 Å². The van der Waals surface area contributed by atoms with Gasteiger partial charge in [-0.25, -0.2) is 12.8 Å². The van der Waals surface area contributed by atoms with Crippen molar-refractivity contribution < 1.29 is 22.7 Å². The molecule has 1 unspecified atom stereocenters. The summed E-state index contributed by atoms with van der Waals surface area (Å²) in [5.74, 6) is -1.56. The number of benzene rings is 2. The second kappa shape index (κ2) is 9.81. The minimum Gasteiger partial charge on any atom is -0.481 e. The predicted octanol–water partition coefficient (Wildman–Crippen LogP) is 4.57. The quantitative estimate of drug-likeness (QED) is 0.664. The van der Waals surface area contributed by atoms with Crippen molar-refractivity contribution in [2.45, 2.75) is 56.9 Å². The van der Waals surface area contributed by atoms with Gasteiger partial charge in [0.2, 0.25) is 10.0 Å². The van der Waals surface area contributed by atoms with Gasteiger partial charge in [0.25, 0.3) is 0 Å². The van der Waals surface area contributed by atoms with E-state index in [1.165, 1.54) is 10.4 Å². The lowest BCUT2D eigenvalue weighted by Gasteiger charge is -2.39. The van der Waals surface area contributed by atoms with Crippen molar-refractivity contribution in [2.75, 3.05) is 18.0 Å². The monoisotopic (exact) mass is 474 g/mol. The first kappa shape index (κ1) is 23.7. The largest absolute Gasteiger partial charge is 0.481 e. The molecule has 2 fully saturated rings. The van der Waals surface area contributed by atoms with Crippen LogP contribution in [0.3, 0.4) is 0 Å². The third-order valence-electron chi connectivity index (χ3n) is 7.07. The van der Waals surface area contributed by atoms with E-state index in [0.717, 1.165) is 12.0 Å². The van der Waals surface area contributed by atoms with Gasteiger partial charge in [-0.1, -0.05) is 43.3 Å². The Morgan fingerprint density at radius 2 is 1.76 bits per heavy atom. The zero-order chi connectivity index (χ0) is 23.6. The molecule has 2 aromatic carbocycles. The maximum Gasteiger partial charge on any atom is 0.306 e. The number of aliphatic carboxylic acids is 1. The molecule has 2 aliphatic heterocycles. The molecule has 0 radical (unpaired) electrons. The fraction of sp³-hybridized carbons (Fsp3) is 0.480. The second-order valence-electron chi connectivity index (χ2n) is 9.00. The summed E-state index contributed by atoms with van der Waals surface area (Å²) < 4.78 is 43.7. The van der Waals surface area contributed by atoms with E-state index in [4.69, 9.17) is 0 Å². The molecule has 178 valence electrons. The fourth-order valence-corrected chi connectivity index (χ4v) is 7.31. The zero-order valence-electron chi connectivity index (χ0n) is 18.9. The Hall–Kier alpha value is -2.45. The van der Waals surface area contributed by atoms with Crippen LogP contribution in [0.15, 0.2) is 48.5 Å². The summed E-state index contributed by atoms with van der Waals surface area (Å²) in [4.78, 5) is 13.2. The van der Waals surface area contributed by atoms with E-state index >= 15 is 4.39 Å². The summed E-state index contributed by atoms with van der Waals surface area (Å²) >= 11 is 0. The van der Waals surface area contributed by atoms with E-state index in [1.54, 1.807) is 6.07 Å². The van der Waals surface area contributed by atoms with Gasteiger partial charge in [0.1, 0.15) is 11.1 Å². The number of rotatable bonds is 6. The van der Waals surface area contributed by atoms with Gasteiger partial charge in [0.15, 0.2) is 0 Å². The number of carboxylic acid groups (broad SMARTS) is 1. The molecule has 33 heavy (non-hydrogen) atoms. The number of carbonyl (C=O) groups is 1. The normalized spacial score (nSPS) is 24.0. The van der Waals surface area contributed by atoms with E-state index in [-0.39, 0.29) is 18.5 Å². The molecule has 2 atom stereocenters. The van der Waals surface area contributed by atoms with Crippen molar-refractivity contribution in [1.29, 1.82) is 0 Å². The lowest BCUT2D eigenvalue weighted by atomic mass is 9.96. The number of anilines is 1. The molecular weight excluding hydrogens is 443 g/mol. The van der Waals surface area contributed by atoms with Crippen molar-refractivity contribution in [2.24, 2.45) is 5.92 Å². The van der Waals surface area contributed by atoms with Crippen LogP contribution in [0.2, 0.25) is 0 Å². The topological polar surface area (TPSA) is 77.9 Å². The van der Waals surface area contributed by atoms with Crippen molar-refractivity contribution >= 4 is 21.7 Å². The first-order valence-corrected chi connectivity index (χ1v) is 13.1. The summed E-state index contributed by atoms with van der Waals surface area (Å²) in [7, 11) is -3.64. The Morgan fingerprint density at radius 1 is 1.06 bits per heavy atom. The molecule has 0 saturated carbocycles. The van der Waals surface area contributed by atoms with E-state index < -0.39 is 27.1 Å². The fourth-order valence-electron chi connectivity index (χ4n) is 5.05. The Bertz CT molecular complexity index is 1080. The van der Waals surface area contributed by atoms with Crippen LogP contribution >= 0.6 is 0 Å². The smallest absolute Gasteiger partial charge is 0.306 e. The Morgan fingerprint density at radius 3 is 2.36 bits per heavy atom. The molecule has 0 bridgehead atoms. The van der Waals surface area contributed by atoms with E-state index in [0.29, 0.717) is 50.0 Å². The average molecular weight is 475 g/mol. The molecule has 4 rings (SSSR count). The van der Waals surface area contributed by atoms with Crippen molar-refractivity contribution in [3.05, 3.63) is 65.5 Å². The molecule has 2 aliphatic rings. The lowest BCUT2D eigenvalue weighted by molar-refractivity contribution is -0.142. The zero-order valence-corrected chi connectivity index (χ0v) is 19.7. The first-order valence-electron chi connectivity index (χ1n) is 11.6. The van der Waals surface area contributed by atoms with Crippen LogP contribution < -0.4 is 4.90 Å². The van der Waals surface area contributed by atoms with Gasteiger partial charge in [-0.05, 0) is 49.8 Å². The van der Waals surface area contributed by atoms with E-state index in [9.17, 15) is 18.3 Å². The summed E-state index contributed by atoms with van der Waals surface area (Å²) in [6, 6.07) is 14.0. The van der Waals surface area contributed by atoms with Gasteiger partial charge in [-0.3, -0.25) is 4.79 Å². The summed E-state index contributed by atoms with van der Waals surface area (Å²) in [5, 5.41) is 8.56. The molecule has 0 amide bonds. The molecule has 8 heteroatoms. The number of carboxylic acids is 1. The minimum absolute atomic E-state index is 0.0113. The van der Waals surface area contributed by atoms with E-state index in [1.807, 2.05) is 48.2 Å². The number of hydrogen-bond acceptors (Lipinski definition) is 4. The second-order valence-corrected chi connectivity index (χ2v) is 11.1. The third kappa shape index (κ3) is 4.92. The number of nitrogens with zero attached hydrogens (tertiary/aromatic N) is 2. The van der Waals surface area contributed by atoms with Crippen LogP contribution in [0.5, 0.6) is 0 Å². The molecule has 2 aromatic rings. The first-order chi connectivity index (χ1) is 15.8. The van der Waals surface area contributed by atoms with Gasteiger partial charge in [0, 0.05) is 36.9 Å². The Balaban J connectivity index is 1.53. The van der Waals surface area contributed by atoms with E-state index in [2.05, 4.69) is 0 Å². The number of halogens is 1. The van der Waals surface area contributed by atoms with Gasteiger partial charge in [-0.2, -0.15) is 4.31 Å². The molecule has 0 spiro atoms. The SMILES string of the molecule is CC[C@H]1CCC(c2ccccc2)S(=O)(=O)N1Cc1ccc(N2CCC(C(=O)O)CC2)cc1F. The third-order valence-corrected chi connectivity index (χ3v) is 9.38. The highest BCUT2D eigenvalue weighted by molar-refractivity contribution is 7.89. The molecule has 2 heterocycles. The number of piperidine rings is 1. The van der Waals surface area contributed by atoms with Gasteiger partial charge in [0.05, 0.1) is 5.92 Å². The maximum absolute atomic E-state index is 15.1. The molecule has 0 aliphatic carbocycles. The van der Waals surface area contributed by atoms with Crippen molar-refractivity contribution in [1.82, 2.24) is 4.31 Å². The Kier molecular flexibility index (Phi) is 7.05. The molecule has 6 nitrogen and oxygen atoms in total. The number of hydrogen-bond donors (Lipinski definition) is 1. The molecular formula is C25H31FN2O4S. The predicted molar refractivity (Wildman–Crippen MR) is 126 cm³/mol. The van der Waals surface area contributed by atoms with Crippen LogP contribution in [-0.4, -0.2) is 42.9 Å². The van der Waals surface area contributed by atoms with Crippen LogP contribution in [0, 0.1) is 11.7 Å². The van der Waals surface area contributed by atoms with Crippen LogP contribution in [0.25, 0.3) is 0 Å². The minimum atomic E-state index is -3.64. The molecule has 1 N–H and O–H groups in total. The lowest BCUT2D eigenvalue weighted by Crippen LogP contribution is -2.46. The molecule has 0 aromatic heterocycles. The number of sulfonamides is 1. The molecule has 2 saturated heterocycles. The average Bonchev–Trinajstić information content (AvgIpc) is 2.81. The van der Waals surface area contributed by atoms with Gasteiger partial charge < -0.3 is 10.0 Å². The van der Waals surface area contributed by atoms with Crippen molar-refractivity contribution in [3.8, 4) is 0 Å². The summed E-state index contributed by atoms with van der Waals surface area (Å²) in [5.41, 5.74) is 1.84. The highest BCUT2D eigenvalue weighted by atomic mass is 32.2.